The van der Waals surface area contributed by atoms with Crippen molar-refractivity contribution in [3.8, 4) is 22.4 Å². The Kier molecular flexibility index (Phi) is 3.37. The lowest BCUT2D eigenvalue weighted by Gasteiger charge is -1.97. The maximum absolute atomic E-state index is 13.6. The topological polar surface area (TPSA) is 30.2 Å². The molecule has 0 saturated carbocycles. The van der Waals surface area contributed by atoms with Crippen LogP contribution in [-0.4, -0.2) is 14.6 Å². The molecule has 0 fully saturated rings. The third-order valence-electron chi connectivity index (χ3n) is 3.31. The fraction of sp³-hybridized carbons (Fsp3) is 0. The molecule has 1 aromatic carbocycles. The standard InChI is InChI=1S/C18H10FN3S/c19-15-4-2-1-3-13(15)5-6-14-7-8-17(23-14)16-10-12-22-18(21-16)9-11-20-22/h1-4,7-12H. The summed E-state index contributed by atoms with van der Waals surface area (Å²) in [4.78, 5) is 6.45. The highest BCUT2D eigenvalue weighted by molar-refractivity contribution is 7.16. The third-order valence-corrected chi connectivity index (χ3v) is 4.33. The Bertz CT molecular complexity index is 1050. The summed E-state index contributed by atoms with van der Waals surface area (Å²) in [5.41, 5.74) is 2.08. The van der Waals surface area contributed by atoms with Crippen LogP contribution in [0.15, 0.2) is 60.9 Å². The molecule has 0 atom stereocenters. The molecule has 4 rings (SSSR count). The summed E-state index contributed by atoms with van der Waals surface area (Å²) in [6, 6.07) is 14.2. The first-order valence-electron chi connectivity index (χ1n) is 6.97. The van der Waals surface area contributed by atoms with Gasteiger partial charge in [-0.1, -0.05) is 24.0 Å². The zero-order valence-electron chi connectivity index (χ0n) is 11.9. The summed E-state index contributed by atoms with van der Waals surface area (Å²) in [7, 11) is 0. The van der Waals surface area contributed by atoms with E-state index in [0.717, 1.165) is 21.1 Å². The summed E-state index contributed by atoms with van der Waals surface area (Å²) in [5, 5.41) is 4.13. The second kappa shape index (κ2) is 5.67. The van der Waals surface area contributed by atoms with E-state index in [1.165, 1.54) is 17.4 Å². The number of thiophene rings is 1. The molecule has 5 heteroatoms. The number of fused-ring (bicyclic) bond motifs is 1. The Morgan fingerprint density at radius 1 is 1.00 bits per heavy atom. The number of hydrogen-bond donors (Lipinski definition) is 0. The minimum Gasteiger partial charge on any atom is -0.228 e. The summed E-state index contributed by atoms with van der Waals surface area (Å²) < 4.78 is 15.3. The number of aromatic nitrogens is 3. The number of rotatable bonds is 1. The number of nitrogens with zero attached hydrogens (tertiary/aromatic N) is 3. The summed E-state index contributed by atoms with van der Waals surface area (Å²) in [6.45, 7) is 0. The lowest BCUT2D eigenvalue weighted by atomic mass is 10.2. The summed E-state index contributed by atoms with van der Waals surface area (Å²) >= 11 is 1.53. The molecule has 0 aliphatic heterocycles. The van der Waals surface area contributed by atoms with Crippen molar-refractivity contribution in [2.24, 2.45) is 0 Å². The van der Waals surface area contributed by atoms with Crippen molar-refractivity contribution in [3.05, 3.63) is 77.2 Å². The van der Waals surface area contributed by atoms with Crippen LogP contribution in [0, 0.1) is 17.7 Å². The zero-order valence-corrected chi connectivity index (χ0v) is 12.7. The lowest BCUT2D eigenvalue weighted by Crippen LogP contribution is -1.89. The zero-order chi connectivity index (χ0) is 15.6. The molecule has 0 unspecified atom stereocenters. The second-order valence-corrected chi connectivity index (χ2v) is 5.92. The fourth-order valence-corrected chi connectivity index (χ4v) is 3.01. The van der Waals surface area contributed by atoms with Gasteiger partial charge in [-0.15, -0.1) is 11.3 Å². The van der Waals surface area contributed by atoms with Gasteiger partial charge >= 0.3 is 0 Å². The lowest BCUT2D eigenvalue weighted by molar-refractivity contribution is 0.624. The summed E-state index contributed by atoms with van der Waals surface area (Å²) in [6.07, 6.45) is 3.59. The molecule has 3 aromatic heterocycles. The third kappa shape index (κ3) is 2.72. The second-order valence-electron chi connectivity index (χ2n) is 4.84. The van der Waals surface area contributed by atoms with Crippen LogP contribution < -0.4 is 0 Å². The monoisotopic (exact) mass is 319 g/mol. The Hall–Kier alpha value is -2.97. The smallest absolute Gasteiger partial charge is 0.155 e. The van der Waals surface area contributed by atoms with Crippen LogP contribution in [0.25, 0.3) is 16.2 Å². The van der Waals surface area contributed by atoms with Crippen molar-refractivity contribution in [2.75, 3.05) is 0 Å². The first kappa shape index (κ1) is 13.7. The van der Waals surface area contributed by atoms with Crippen LogP contribution in [0.5, 0.6) is 0 Å². The summed E-state index contributed by atoms with van der Waals surface area (Å²) in [5.74, 6) is 5.58. The Balaban J connectivity index is 1.66. The van der Waals surface area contributed by atoms with Crippen LogP contribution in [0.1, 0.15) is 10.4 Å². The van der Waals surface area contributed by atoms with Crippen LogP contribution in [-0.2, 0) is 0 Å². The van der Waals surface area contributed by atoms with Crippen molar-refractivity contribution < 1.29 is 4.39 Å². The van der Waals surface area contributed by atoms with E-state index < -0.39 is 0 Å². The van der Waals surface area contributed by atoms with E-state index in [1.54, 1.807) is 28.9 Å². The van der Waals surface area contributed by atoms with E-state index in [1.807, 2.05) is 30.5 Å². The molecule has 4 aromatic rings. The molecule has 0 bridgehead atoms. The number of hydrogen-bond acceptors (Lipinski definition) is 3. The average Bonchev–Trinajstić information content (AvgIpc) is 3.22. The van der Waals surface area contributed by atoms with Crippen LogP contribution in [0.4, 0.5) is 4.39 Å². The quantitative estimate of drug-likeness (QED) is 0.497. The van der Waals surface area contributed by atoms with Gasteiger partial charge in [-0.3, -0.25) is 0 Å². The maximum Gasteiger partial charge on any atom is 0.155 e. The van der Waals surface area contributed by atoms with Gasteiger partial charge in [0, 0.05) is 12.3 Å². The minimum atomic E-state index is -0.301. The van der Waals surface area contributed by atoms with Gasteiger partial charge in [0.2, 0.25) is 0 Å². The van der Waals surface area contributed by atoms with Gasteiger partial charge in [0.1, 0.15) is 5.82 Å². The van der Waals surface area contributed by atoms with Gasteiger partial charge in [0.05, 0.1) is 27.2 Å². The largest absolute Gasteiger partial charge is 0.228 e. The molecule has 0 spiro atoms. The molecule has 0 radical (unpaired) electrons. The molecule has 3 nitrogen and oxygen atoms in total. The molecule has 0 aliphatic rings. The van der Waals surface area contributed by atoms with E-state index in [2.05, 4.69) is 21.9 Å². The highest BCUT2D eigenvalue weighted by atomic mass is 32.1. The van der Waals surface area contributed by atoms with Gasteiger partial charge < -0.3 is 0 Å². The van der Waals surface area contributed by atoms with E-state index in [9.17, 15) is 4.39 Å². The molecule has 0 N–H and O–H groups in total. The number of benzene rings is 1. The van der Waals surface area contributed by atoms with Gasteiger partial charge in [0.15, 0.2) is 5.65 Å². The highest BCUT2D eigenvalue weighted by Gasteiger charge is 2.05. The van der Waals surface area contributed by atoms with Gasteiger partial charge in [-0.05, 0) is 30.3 Å². The van der Waals surface area contributed by atoms with E-state index in [-0.39, 0.29) is 5.82 Å². The van der Waals surface area contributed by atoms with Gasteiger partial charge in [0.25, 0.3) is 0 Å². The molecule has 23 heavy (non-hydrogen) atoms. The van der Waals surface area contributed by atoms with Crippen LogP contribution in [0.2, 0.25) is 0 Å². The van der Waals surface area contributed by atoms with Crippen molar-refractivity contribution in [3.63, 3.8) is 0 Å². The predicted molar refractivity (Wildman–Crippen MR) is 88.7 cm³/mol. The van der Waals surface area contributed by atoms with E-state index in [4.69, 9.17) is 0 Å². The van der Waals surface area contributed by atoms with Crippen molar-refractivity contribution in [1.82, 2.24) is 14.6 Å². The van der Waals surface area contributed by atoms with E-state index >= 15 is 0 Å². The first-order valence-corrected chi connectivity index (χ1v) is 7.78. The molecule has 3 heterocycles. The van der Waals surface area contributed by atoms with Crippen molar-refractivity contribution >= 4 is 17.0 Å². The van der Waals surface area contributed by atoms with Crippen LogP contribution in [0.3, 0.4) is 0 Å². The molecule has 110 valence electrons. The molecule has 0 amide bonds. The fourth-order valence-electron chi connectivity index (χ4n) is 2.18. The first-order chi connectivity index (χ1) is 11.3. The van der Waals surface area contributed by atoms with Crippen LogP contribution >= 0.6 is 11.3 Å². The van der Waals surface area contributed by atoms with Gasteiger partial charge in [-0.2, -0.15) is 5.10 Å². The van der Waals surface area contributed by atoms with E-state index in [0.29, 0.717) is 5.56 Å². The normalized spacial score (nSPS) is 10.5. The van der Waals surface area contributed by atoms with Crippen molar-refractivity contribution in [1.29, 1.82) is 0 Å². The SMILES string of the molecule is Fc1ccccc1C#Cc1ccc(-c2ccn3nccc3n2)s1. The molecule has 0 saturated heterocycles. The maximum atomic E-state index is 13.6. The Morgan fingerprint density at radius 3 is 2.83 bits per heavy atom. The predicted octanol–water partition coefficient (Wildman–Crippen LogP) is 4.00. The molecule has 0 aliphatic carbocycles. The Labute approximate surface area is 136 Å². The minimum absolute atomic E-state index is 0.301. The van der Waals surface area contributed by atoms with Crippen molar-refractivity contribution in [2.45, 2.75) is 0 Å². The molecular formula is C18H10FN3S. The average molecular weight is 319 g/mol. The van der Waals surface area contributed by atoms with Gasteiger partial charge in [-0.25, -0.2) is 13.9 Å². The molecular weight excluding hydrogens is 309 g/mol. The highest BCUT2D eigenvalue weighted by Crippen LogP contribution is 2.26. The Morgan fingerprint density at radius 2 is 1.91 bits per heavy atom. The number of halogens is 1.